The third-order valence-electron chi connectivity index (χ3n) is 3.95. The lowest BCUT2D eigenvalue weighted by molar-refractivity contribution is 1.79. The third-order valence-corrected chi connectivity index (χ3v) is 3.95. The lowest BCUT2D eigenvalue weighted by Gasteiger charge is -2.10. The molecular formula is C18H13B. The van der Waals surface area contributed by atoms with Crippen LogP contribution in [0, 0.1) is 0 Å². The molecule has 1 heteroatoms. The summed E-state index contributed by atoms with van der Waals surface area (Å²) in [7, 11) is 2.19. The van der Waals surface area contributed by atoms with Gasteiger partial charge in [0.2, 0.25) is 0 Å². The standard InChI is InChI=1S/C18H13B/c19-17-11-13-10-9-12-5-1-2-6-14(12)18(13)16-8-4-3-7-15(16)17/h1-11H,19H2. The zero-order valence-electron chi connectivity index (χ0n) is 10.9. The summed E-state index contributed by atoms with van der Waals surface area (Å²) in [6, 6.07) is 24.1. The molecule has 0 N–H and O–H groups in total. The molecule has 0 aliphatic rings. The van der Waals surface area contributed by atoms with Crippen molar-refractivity contribution < 1.29 is 0 Å². The smallest absolute Gasteiger partial charge is 0.0806 e. The van der Waals surface area contributed by atoms with Gasteiger partial charge in [-0.3, -0.25) is 0 Å². The molecule has 4 aromatic rings. The zero-order valence-corrected chi connectivity index (χ0v) is 10.9. The minimum Gasteiger partial charge on any atom is -0.0806 e. The van der Waals surface area contributed by atoms with Gasteiger partial charge in [-0.25, -0.2) is 0 Å². The van der Waals surface area contributed by atoms with Crippen molar-refractivity contribution in [1.82, 2.24) is 0 Å². The molecule has 4 aromatic carbocycles. The molecule has 0 saturated carbocycles. The van der Waals surface area contributed by atoms with Gasteiger partial charge in [0.1, 0.15) is 7.85 Å². The van der Waals surface area contributed by atoms with Crippen molar-refractivity contribution in [2.24, 2.45) is 0 Å². The quantitative estimate of drug-likeness (QED) is 0.326. The van der Waals surface area contributed by atoms with E-state index in [-0.39, 0.29) is 0 Å². The van der Waals surface area contributed by atoms with E-state index in [1.54, 1.807) is 0 Å². The van der Waals surface area contributed by atoms with Crippen LogP contribution in [0.4, 0.5) is 0 Å². The topological polar surface area (TPSA) is 0 Å². The Morgan fingerprint density at radius 1 is 0.579 bits per heavy atom. The Labute approximate surface area is 113 Å². The molecule has 0 spiro atoms. The molecule has 0 unspecified atom stereocenters. The monoisotopic (exact) mass is 240 g/mol. The highest BCUT2D eigenvalue weighted by molar-refractivity contribution is 6.42. The van der Waals surface area contributed by atoms with Crippen LogP contribution in [0.25, 0.3) is 32.3 Å². The van der Waals surface area contributed by atoms with Crippen molar-refractivity contribution in [2.45, 2.75) is 0 Å². The summed E-state index contributed by atoms with van der Waals surface area (Å²) in [5.41, 5.74) is 1.35. The minimum absolute atomic E-state index is 1.31. The molecule has 0 nitrogen and oxygen atoms in total. The van der Waals surface area contributed by atoms with Gasteiger partial charge in [-0.05, 0) is 32.3 Å². The van der Waals surface area contributed by atoms with E-state index in [2.05, 4.69) is 74.6 Å². The second-order valence-electron chi connectivity index (χ2n) is 5.12. The van der Waals surface area contributed by atoms with E-state index in [9.17, 15) is 0 Å². The fourth-order valence-electron chi connectivity index (χ4n) is 3.07. The first kappa shape index (κ1) is 10.6. The highest BCUT2D eigenvalue weighted by Gasteiger charge is 2.06. The number of hydrogen-bond donors (Lipinski definition) is 0. The van der Waals surface area contributed by atoms with E-state index >= 15 is 0 Å². The summed E-state index contributed by atoms with van der Waals surface area (Å²) >= 11 is 0. The van der Waals surface area contributed by atoms with Gasteiger partial charge in [-0.1, -0.05) is 72.2 Å². The van der Waals surface area contributed by atoms with E-state index < -0.39 is 0 Å². The van der Waals surface area contributed by atoms with Crippen LogP contribution in [-0.4, -0.2) is 7.85 Å². The predicted molar refractivity (Wildman–Crippen MR) is 87.1 cm³/mol. The Balaban J connectivity index is 2.39. The molecule has 0 fully saturated rings. The van der Waals surface area contributed by atoms with Gasteiger partial charge in [0.15, 0.2) is 0 Å². The van der Waals surface area contributed by atoms with Gasteiger partial charge in [0, 0.05) is 0 Å². The predicted octanol–water partition coefficient (Wildman–Crippen LogP) is 3.40. The first-order valence-corrected chi connectivity index (χ1v) is 6.64. The molecular weight excluding hydrogens is 227 g/mol. The average molecular weight is 240 g/mol. The summed E-state index contributed by atoms with van der Waals surface area (Å²) in [4.78, 5) is 0. The van der Waals surface area contributed by atoms with Crippen LogP contribution in [-0.2, 0) is 0 Å². The van der Waals surface area contributed by atoms with Crippen molar-refractivity contribution in [3.63, 3.8) is 0 Å². The first-order valence-electron chi connectivity index (χ1n) is 6.64. The van der Waals surface area contributed by atoms with Crippen LogP contribution in [0.15, 0.2) is 66.7 Å². The molecule has 0 atom stereocenters. The molecule has 0 aromatic heterocycles. The average Bonchev–Trinajstić information content (AvgIpc) is 2.47. The van der Waals surface area contributed by atoms with Crippen LogP contribution in [0.2, 0.25) is 0 Å². The number of fused-ring (bicyclic) bond motifs is 5. The van der Waals surface area contributed by atoms with Crippen LogP contribution < -0.4 is 5.46 Å². The molecule has 0 amide bonds. The summed E-state index contributed by atoms with van der Waals surface area (Å²) in [5.74, 6) is 0. The Morgan fingerprint density at radius 3 is 2.05 bits per heavy atom. The van der Waals surface area contributed by atoms with E-state index in [1.165, 1.54) is 37.8 Å². The van der Waals surface area contributed by atoms with Crippen LogP contribution >= 0.6 is 0 Å². The lowest BCUT2D eigenvalue weighted by Crippen LogP contribution is -2.03. The molecule has 88 valence electrons. The second-order valence-corrected chi connectivity index (χ2v) is 5.12. The molecule has 4 rings (SSSR count). The van der Waals surface area contributed by atoms with Gasteiger partial charge in [0.25, 0.3) is 0 Å². The summed E-state index contributed by atoms with van der Waals surface area (Å²) in [6.45, 7) is 0. The highest BCUT2D eigenvalue weighted by atomic mass is 14.1. The second kappa shape index (κ2) is 3.86. The van der Waals surface area contributed by atoms with Gasteiger partial charge < -0.3 is 0 Å². The maximum absolute atomic E-state index is 2.30. The Bertz CT molecular complexity index is 922. The molecule has 0 heterocycles. The molecule has 19 heavy (non-hydrogen) atoms. The van der Waals surface area contributed by atoms with E-state index in [4.69, 9.17) is 0 Å². The normalized spacial score (nSPS) is 11.4. The summed E-state index contributed by atoms with van der Waals surface area (Å²) in [6.07, 6.45) is 0. The van der Waals surface area contributed by atoms with Crippen molar-refractivity contribution in [2.75, 3.05) is 0 Å². The molecule has 0 aliphatic heterocycles. The highest BCUT2D eigenvalue weighted by Crippen LogP contribution is 2.30. The summed E-state index contributed by atoms with van der Waals surface area (Å²) < 4.78 is 0. The third kappa shape index (κ3) is 1.48. The zero-order chi connectivity index (χ0) is 12.8. The van der Waals surface area contributed by atoms with E-state index in [0.717, 1.165) is 0 Å². The van der Waals surface area contributed by atoms with Gasteiger partial charge in [0.05, 0.1) is 0 Å². The van der Waals surface area contributed by atoms with Gasteiger partial charge in [-0.2, -0.15) is 0 Å². The van der Waals surface area contributed by atoms with Crippen molar-refractivity contribution in [1.29, 1.82) is 0 Å². The first-order chi connectivity index (χ1) is 9.34. The van der Waals surface area contributed by atoms with Crippen LogP contribution in [0.3, 0.4) is 0 Å². The molecule has 0 bridgehead atoms. The van der Waals surface area contributed by atoms with Crippen molar-refractivity contribution in [3.8, 4) is 0 Å². The lowest BCUT2D eigenvalue weighted by atomic mass is 9.85. The number of hydrogen-bond acceptors (Lipinski definition) is 0. The minimum atomic E-state index is 1.31. The van der Waals surface area contributed by atoms with Gasteiger partial charge >= 0.3 is 0 Å². The Kier molecular flexibility index (Phi) is 2.16. The van der Waals surface area contributed by atoms with Gasteiger partial charge in [-0.15, -0.1) is 0 Å². The maximum Gasteiger partial charge on any atom is 0.140 e. The maximum atomic E-state index is 2.30. The van der Waals surface area contributed by atoms with Crippen LogP contribution in [0.1, 0.15) is 0 Å². The van der Waals surface area contributed by atoms with Crippen molar-refractivity contribution >= 4 is 45.6 Å². The van der Waals surface area contributed by atoms with E-state index in [0.29, 0.717) is 0 Å². The molecule has 0 saturated heterocycles. The molecule has 0 radical (unpaired) electrons. The molecule has 0 aliphatic carbocycles. The SMILES string of the molecule is Bc1cc2ccc3ccccc3c2c2ccccc12. The largest absolute Gasteiger partial charge is 0.140 e. The number of rotatable bonds is 0. The summed E-state index contributed by atoms with van der Waals surface area (Å²) in [5, 5.41) is 8.06. The van der Waals surface area contributed by atoms with Crippen LogP contribution in [0.5, 0.6) is 0 Å². The number of benzene rings is 4. The fraction of sp³-hybridized carbons (Fsp3) is 0. The Hall–Kier alpha value is -2.28. The fourth-order valence-corrected chi connectivity index (χ4v) is 3.07. The van der Waals surface area contributed by atoms with Crippen molar-refractivity contribution in [3.05, 3.63) is 66.7 Å². The Morgan fingerprint density at radius 2 is 1.21 bits per heavy atom. The van der Waals surface area contributed by atoms with E-state index in [1.807, 2.05) is 0 Å².